The summed E-state index contributed by atoms with van der Waals surface area (Å²) in [5.74, 6) is 1.42. The van der Waals surface area contributed by atoms with Crippen LogP contribution in [-0.2, 0) is 0 Å². The highest BCUT2D eigenvalue weighted by Gasteiger charge is 2.43. The molecule has 3 unspecified atom stereocenters. The number of carbonyl (C=O) groups is 1. The topological polar surface area (TPSA) is 48.1 Å². The first-order chi connectivity index (χ1) is 9.75. The lowest BCUT2D eigenvalue weighted by Crippen LogP contribution is -2.38. The molecule has 3 atom stereocenters. The second-order valence-corrected chi connectivity index (χ2v) is 6.02. The number of H-pyrrole nitrogens is 1. The summed E-state index contributed by atoms with van der Waals surface area (Å²) in [7, 11) is 0. The predicted octanol–water partition coefficient (Wildman–Crippen LogP) is 1.85. The summed E-state index contributed by atoms with van der Waals surface area (Å²) >= 11 is 0. The molecular formula is C16H19N3O. The number of nitrogens with zero attached hydrogens (tertiary/aromatic N) is 1. The molecule has 0 saturated carbocycles. The van der Waals surface area contributed by atoms with E-state index in [0.717, 1.165) is 36.1 Å². The van der Waals surface area contributed by atoms with Gasteiger partial charge in [0.15, 0.2) is 0 Å². The lowest BCUT2D eigenvalue weighted by Gasteiger charge is -2.25. The molecule has 0 bridgehead atoms. The summed E-state index contributed by atoms with van der Waals surface area (Å²) in [5, 5.41) is 4.46. The van der Waals surface area contributed by atoms with Crippen molar-refractivity contribution >= 4 is 16.8 Å². The molecule has 2 saturated heterocycles. The van der Waals surface area contributed by atoms with Crippen molar-refractivity contribution in [2.45, 2.75) is 13.0 Å². The van der Waals surface area contributed by atoms with Crippen molar-refractivity contribution in [2.24, 2.45) is 11.8 Å². The molecule has 2 aromatic rings. The van der Waals surface area contributed by atoms with E-state index in [-0.39, 0.29) is 5.91 Å². The first-order valence-corrected chi connectivity index (χ1v) is 7.33. The fourth-order valence-corrected chi connectivity index (χ4v) is 3.86. The second-order valence-electron chi connectivity index (χ2n) is 6.02. The number of amides is 1. The van der Waals surface area contributed by atoms with Crippen LogP contribution in [0.4, 0.5) is 0 Å². The summed E-state index contributed by atoms with van der Waals surface area (Å²) in [6, 6.07) is 8.23. The fourth-order valence-electron chi connectivity index (χ4n) is 3.86. The van der Waals surface area contributed by atoms with Crippen LogP contribution in [0.3, 0.4) is 0 Å². The van der Waals surface area contributed by atoms with Gasteiger partial charge in [0.05, 0.1) is 0 Å². The second kappa shape index (κ2) is 4.35. The van der Waals surface area contributed by atoms with Crippen LogP contribution in [0.2, 0.25) is 0 Å². The highest BCUT2D eigenvalue weighted by molar-refractivity contribution is 6.06. The zero-order chi connectivity index (χ0) is 13.7. The number of likely N-dealkylation sites (tertiary alicyclic amines) is 1. The van der Waals surface area contributed by atoms with E-state index in [1.165, 1.54) is 0 Å². The Morgan fingerprint density at radius 3 is 3.05 bits per heavy atom. The average Bonchev–Trinajstić information content (AvgIpc) is 3.15. The Balaban J connectivity index is 1.69. The maximum Gasteiger partial charge on any atom is 0.254 e. The van der Waals surface area contributed by atoms with Crippen LogP contribution in [0.15, 0.2) is 30.5 Å². The van der Waals surface area contributed by atoms with E-state index >= 15 is 0 Å². The van der Waals surface area contributed by atoms with Gasteiger partial charge in [0.25, 0.3) is 5.91 Å². The summed E-state index contributed by atoms with van der Waals surface area (Å²) < 4.78 is 0. The molecule has 0 aliphatic carbocycles. The summed E-state index contributed by atoms with van der Waals surface area (Å²) in [6.07, 6.45) is 1.90. The smallest absolute Gasteiger partial charge is 0.254 e. The van der Waals surface area contributed by atoms with E-state index in [0.29, 0.717) is 17.9 Å². The van der Waals surface area contributed by atoms with Crippen LogP contribution in [-0.4, -0.2) is 41.5 Å². The van der Waals surface area contributed by atoms with Crippen molar-refractivity contribution in [1.82, 2.24) is 15.2 Å². The fraction of sp³-hybridized carbons (Fsp3) is 0.438. The first kappa shape index (κ1) is 12.0. The lowest BCUT2D eigenvalue weighted by molar-refractivity contribution is 0.0730. The summed E-state index contributed by atoms with van der Waals surface area (Å²) in [5.41, 5.74) is 1.85. The van der Waals surface area contributed by atoms with Gasteiger partial charge in [-0.15, -0.1) is 0 Å². The average molecular weight is 269 g/mol. The number of rotatable bonds is 1. The van der Waals surface area contributed by atoms with E-state index in [9.17, 15) is 4.79 Å². The molecule has 1 aromatic carbocycles. The molecular weight excluding hydrogens is 250 g/mol. The molecule has 2 fully saturated rings. The van der Waals surface area contributed by atoms with Gasteiger partial charge in [-0.05, 0) is 37.0 Å². The molecule has 3 heterocycles. The molecule has 1 aromatic heterocycles. The van der Waals surface area contributed by atoms with Crippen molar-refractivity contribution in [3.8, 4) is 0 Å². The minimum absolute atomic E-state index is 0.178. The van der Waals surface area contributed by atoms with Crippen LogP contribution < -0.4 is 5.32 Å². The molecule has 0 spiro atoms. The Morgan fingerprint density at radius 2 is 2.20 bits per heavy atom. The van der Waals surface area contributed by atoms with Crippen molar-refractivity contribution in [2.75, 3.05) is 19.6 Å². The van der Waals surface area contributed by atoms with Crippen LogP contribution in [0.1, 0.15) is 17.3 Å². The predicted molar refractivity (Wildman–Crippen MR) is 78.6 cm³/mol. The molecule has 104 valence electrons. The Labute approximate surface area is 118 Å². The van der Waals surface area contributed by atoms with Crippen LogP contribution in [0.5, 0.6) is 0 Å². The van der Waals surface area contributed by atoms with Gasteiger partial charge in [0.2, 0.25) is 0 Å². The Hall–Kier alpha value is -1.81. The third-order valence-electron chi connectivity index (χ3n) is 5.02. The van der Waals surface area contributed by atoms with Crippen molar-refractivity contribution in [3.63, 3.8) is 0 Å². The van der Waals surface area contributed by atoms with E-state index in [1.54, 1.807) is 0 Å². The maximum atomic E-state index is 12.9. The number of aromatic amines is 1. The number of hydrogen-bond acceptors (Lipinski definition) is 2. The normalized spacial score (nSPS) is 29.1. The largest absolute Gasteiger partial charge is 0.361 e. The van der Waals surface area contributed by atoms with Crippen LogP contribution in [0.25, 0.3) is 10.9 Å². The molecule has 2 N–H and O–H groups in total. The molecule has 4 nitrogen and oxygen atoms in total. The number of benzene rings is 1. The van der Waals surface area contributed by atoms with Crippen LogP contribution in [0, 0.1) is 11.8 Å². The number of nitrogens with one attached hydrogen (secondary N) is 2. The van der Waals surface area contributed by atoms with E-state index in [1.807, 2.05) is 30.5 Å². The minimum Gasteiger partial charge on any atom is -0.361 e. The number of aromatic nitrogens is 1. The van der Waals surface area contributed by atoms with Crippen LogP contribution >= 0.6 is 0 Å². The highest BCUT2D eigenvalue weighted by atomic mass is 16.2. The van der Waals surface area contributed by atoms with Gasteiger partial charge in [0, 0.05) is 48.3 Å². The van der Waals surface area contributed by atoms with E-state index in [2.05, 4.69) is 22.1 Å². The summed E-state index contributed by atoms with van der Waals surface area (Å²) in [4.78, 5) is 18.1. The van der Waals surface area contributed by atoms with Gasteiger partial charge in [-0.1, -0.05) is 6.07 Å². The van der Waals surface area contributed by atoms with Crippen molar-refractivity contribution in [3.05, 3.63) is 36.0 Å². The quantitative estimate of drug-likeness (QED) is 0.830. The maximum absolute atomic E-state index is 12.9. The van der Waals surface area contributed by atoms with Gasteiger partial charge in [0.1, 0.15) is 0 Å². The molecule has 4 heteroatoms. The molecule has 4 rings (SSSR count). The molecule has 2 aliphatic rings. The Bertz CT molecular complexity index is 663. The van der Waals surface area contributed by atoms with Gasteiger partial charge in [-0.2, -0.15) is 0 Å². The number of fused-ring (bicyclic) bond motifs is 2. The minimum atomic E-state index is 0.178. The van der Waals surface area contributed by atoms with Crippen molar-refractivity contribution in [1.29, 1.82) is 0 Å². The zero-order valence-corrected chi connectivity index (χ0v) is 11.6. The molecule has 20 heavy (non-hydrogen) atoms. The Kier molecular flexibility index (Phi) is 2.60. The van der Waals surface area contributed by atoms with Gasteiger partial charge in [-0.25, -0.2) is 0 Å². The standard InChI is InChI=1S/C16H19N3O/c1-10-14-8-17-7-11(14)9-19(10)16(20)13-3-2-4-15-12(13)5-6-18-15/h2-6,10-11,14,17-18H,7-9H2,1H3. The number of carbonyl (C=O) groups excluding carboxylic acids is 1. The van der Waals surface area contributed by atoms with E-state index < -0.39 is 0 Å². The first-order valence-electron chi connectivity index (χ1n) is 7.33. The highest BCUT2D eigenvalue weighted by Crippen LogP contribution is 2.34. The zero-order valence-electron chi connectivity index (χ0n) is 11.6. The van der Waals surface area contributed by atoms with Gasteiger partial charge in [-0.3, -0.25) is 4.79 Å². The summed E-state index contributed by atoms with van der Waals surface area (Å²) in [6.45, 7) is 5.17. The van der Waals surface area contributed by atoms with E-state index in [4.69, 9.17) is 0 Å². The molecule has 1 amide bonds. The lowest BCUT2D eigenvalue weighted by atomic mass is 9.95. The van der Waals surface area contributed by atoms with Crippen molar-refractivity contribution < 1.29 is 4.79 Å². The third-order valence-corrected chi connectivity index (χ3v) is 5.02. The Morgan fingerprint density at radius 1 is 1.30 bits per heavy atom. The number of hydrogen-bond donors (Lipinski definition) is 2. The van der Waals surface area contributed by atoms with Gasteiger partial charge >= 0.3 is 0 Å². The molecule has 0 radical (unpaired) electrons. The molecule has 2 aliphatic heterocycles. The van der Waals surface area contributed by atoms with Gasteiger partial charge < -0.3 is 15.2 Å². The SMILES string of the molecule is CC1C2CNCC2CN1C(=O)c1cccc2[nH]ccc12. The third kappa shape index (κ3) is 1.61. The monoisotopic (exact) mass is 269 g/mol.